The van der Waals surface area contributed by atoms with E-state index in [9.17, 15) is 0 Å². The Morgan fingerprint density at radius 3 is 2.56 bits per heavy atom. The lowest BCUT2D eigenvalue weighted by Gasteiger charge is -1.95. The van der Waals surface area contributed by atoms with Gasteiger partial charge in [0.15, 0.2) is 0 Å². The number of phenolic OH excluding ortho intramolecular Hbond substituents is 1. The van der Waals surface area contributed by atoms with Gasteiger partial charge < -0.3 is 5.11 Å². The minimum Gasteiger partial charge on any atom is -0.506 e. The zero-order valence-corrected chi connectivity index (χ0v) is 5.52. The van der Waals surface area contributed by atoms with Gasteiger partial charge in [-0.1, -0.05) is 17.7 Å². The van der Waals surface area contributed by atoms with Crippen LogP contribution in [0.4, 0.5) is 0 Å². The maximum atomic E-state index is 8.93. The van der Waals surface area contributed by atoms with Gasteiger partial charge in [-0.15, -0.1) is 0 Å². The molecule has 0 saturated carbocycles. The van der Waals surface area contributed by atoms with Crippen LogP contribution in [0.2, 0.25) is 5.02 Å². The van der Waals surface area contributed by atoms with E-state index >= 15 is 0 Å². The van der Waals surface area contributed by atoms with Crippen molar-refractivity contribution in [2.24, 2.45) is 0 Å². The summed E-state index contributed by atoms with van der Waals surface area (Å²) in [5.41, 5.74) is 0.761. The van der Waals surface area contributed by atoms with E-state index in [4.69, 9.17) is 16.7 Å². The number of aromatic hydroxyl groups is 1. The second kappa shape index (κ2) is 2.28. The zero-order valence-electron chi connectivity index (χ0n) is 4.76. The average molecular weight is 142 g/mol. The molecule has 0 bridgehead atoms. The Balaban J connectivity index is 3.17. The Morgan fingerprint density at radius 2 is 2.11 bits per heavy atom. The highest BCUT2D eigenvalue weighted by Crippen LogP contribution is 2.22. The van der Waals surface area contributed by atoms with Crippen molar-refractivity contribution in [3.63, 3.8) is 0 Å². The minimum absolute atomic E-state index is 0.0872. The Labute approximate surface area is 58.9 Å². The third kappa shape index (κ3) is 1.36. The fraction of sp³-hybridized carbons (Fsp3) is 0. The summed E-state index contributed by atoms with van der Waals surface area (Å²) in [6.45, 7) is 3.60. The van der Waals surface area contributed by atoms with Gasteiger partial charge in [-0.05, 0) is 24.6 Å². The summed E-state index contributed by atoms with van der Waals surface area (Å²) in [6.07, 6.45) is 0. The van der Waals surface area contributed by atoms with Crippen molar-refractivity contribution in [2.75, 3.05) is 0 Å². The summed E-state index contributed by atoms with van der Waals surface area (Å²) in [5, 5.41) is 9.29. The van der Waals surface area contributed by atoms with E-state index in [1.54, 1.807) is 12.1 Å². The van der Waals surface area contributed by atoms with E-state index in [-0.39, 0.29) is 5.75 Å². The van der Waals surface area contributed by atoms with E-state index in [0.29, 0.717) is 5.02 Å². The number of hydrogen-bond donors (Lipinski definition) is 1. The third-order valence-electron chi connectivity index (χ3n) is 1.01. The summed E-state index contributed by atoms with van der Waals surface area (Å²) in [7, 11) is 0. The van der Waals surface area contributed by atoms with Crippen LogP contribution in [0.5, 0.6) is 5.75 Å². The standard InChI is InChI=1S/C7H6ClO/c1-5-2-3-6(8)7(9)4-5/h2-4,9H,1H2. The third-order valence-corrected chi connectivity index (χ3v) is 1.33. The molecule has 0 atom stereocenters. The van der Waals surface area contributed by atoms with Gasteiger partial charge in [0.25, 0.3) is 0 Å². The van der Waals surface area contributed by atoms with Crippen molar-refractivity contribution in [3.05, 3.63) is 35.7 Å². The van der Waals surface area contributed by atoms with Gasteiger partial charge in [-0.2, -0.15) is 0 Å². The van der Waals surface area contributed by atoms with Crippen LogP contribution in [0.15, 0.2) is 18.2 Å². The molecule has 0 aliphatic heterocycles. The number of rotatable bonds is 0. The average Bonchev–Trinajstić information content (AvgIpc) is 1.80. The highest BCUT2D eigenvalue weighted by Gasteiger charge is 1.94. The number of halogens is 1. The Bertz CT molecular complexity index is 220. The van der Waals surface area contributed by atoms with E-state index in [1.165, 1.54) is 6.07 Å². The first kappa shape index (κ1) is 6.43. The van der Waals surface area contributed by atoms with Crippen LogP contribution in [-0.2, 0) is 0 Å². The molecular formula is C7H6ClO. The lowest BCUT2D eigenvalue weighted by atomic mass is 10.2. The van der Waals surface area contributed by atoms with Crippen LogP contribution >= 0.6 is 11.6 Å². The van der Waals surface area contributed by atoms with Crippen LogP contribution in [-0.4, -0.2) is 5.11 Å². The SMILES string of the molecule is [CH2]c1ccc(Cl)c(O)c1. The monoisotopic (exact) mass is 141 g/mol. The molecule has 1 aromatic rings. The van der Waals surface area contributed by atoms with Gasteiger partial charge in [-0.3, -0.25) is 0 Å². The zero-order chi connectivity index (χ0) is 6.85. The van der Waals surface area contributed by atoms with Crippen LogP contribution in [0, 0.1) is 6.92 Å². The van der Waals surface area contributed by atoms with Gasteiger partial charge in [0.2, 0.25) is 0 Å². The molecule has 2 heteroatoms. The first-order valence-corrected chi connectivity index (χ1v) is 2.88. The fourth-order valence-electron chi connectivity index (χ4n) is 0.558. The van der Waals surface area contributed by atoms with Gasteiger partial charge in [0.05, 0.1) is 5.02 Å². The van der Waals surface area contributed by atoms with Crippen molar-refractivity contribution >= 4 is 11.6 Å². The van der Waals surface area contributed by atoms with E-state index in [1.807, 2.05) is 0 Å². The molecule has 0 aliphatic rings. The molecule has 0 saturated heterocycles. The van der Waals surface area contributed by atoms with Crippen molar-refractivity contribution in [1.29, 1.82) is 0 Å². The van der Waals surface area contributed by atoms with Crippen molar-refractivity contribution in [2.45, 2.75) is 0 Å². The summed E-state index contributed by atoms with van der Waals surface area (Å²) in [6, 6.07) is 4.86. The topological polar surface area (TPSA) is 20.2 Å². The van der Waals surface area contributed by atoms with Crippen LogP contribution in [0.1, 0.15) is 5.56 Å². The second-order valence-corrected chi connectivity index (χ2v) is 2.19. The molecule has 1 rings (SSSR count). The highest BCUT2D eigenvalue weighted by atomic mass is 35.5. The van der Waals surface area contributed by atoms with E-state index in [0.717, 1.165) is 5.56 Å². The van der Waals surface area contributed by atoms with Crippen LogP contribution in [0.3, 0.4) is 0 Å². The van der Waals surface area contributed by atoms with Gasteiger partial charge in [-0.25, -0.2) is 0 Å². The molecule has 0 unspecified atom stereocenters. The van der Waals surface area contributed by atoms with Crippen molar-refractivity contribution < 1.29 is 5.11 Å². The number of hydrogen-bond acceptors (Lipinski definition) is 1. The molecule has 0 fully saturated rings. The molecule has 47 valence electrons. The molecule has 9 heavy (non-hydrogen) atoms. The van der Waals surface area contributed by atoms with Crippen LogP contribution in [0.25, 0.3) is 0 Å². The van der Waals surface area contributed by atoms with Crippen LogP contribution < -0.4 is 0 Å². The first-order chi connectivity index (χ1) is 4.20. The lowest BCUT2D eigenvalue weighted by molar-refractivity contribution is 0.475. The molecule has 0 aromatic heterocycles. The quantitative estimate of drug-likeness (QED) is 0.588. The van der Waals surface area contributed by atoms with Gasteiger partial charge in [0.1, 0.15) is 5.75 Å². The molecule has 1 radical (unpaired) electrons. The van der Waals surface area contributed by atoms with E-state index < -0.39 is 0 Å². The highest BCUT2D eigenvalue weighted by molar-refractivity contribution is 6.31. The maximum Gasteiger partial charge on any atom is 0.134 e. The second-order valence-electron chi connectivity index (χ2n) is 1.79. The normalized spacial score (nSPS) is 9.56. The Morgan fingerprint density at radius 1 is 1.44 bits per heavy atom. The molecule has 1 nitrogen and oxygen atoms in total. The molecular weight excluding hydrogens is 136 g/mol. The summed E-state index contributed by atoms with van der Waals surface area (Å²) in [4.78, 5) is 0. The molecule has 0 aliphatic carbocycles. The van der Waals surface area contributed by atoms with Gasteiger partial charge >= 0.3 is 0 Å². The molecule has 0 heterocycles. The maximum absolute atomic E-state index is 8.93. The summed E-state index contributed by atoms with van der Waals surface area (Å²) in [5.74, 6) is 0.0872. The van der Waals surface area contributed by atoms with Crippen molar-refractivity contribution in [1.82, 2.24) is 0 Å². The minimum atomic E-state index is 0.0872. The molecule has 1 aromatic carbocycles. The number of benzene rings is 1. The summed E-state index contributed by atoms with van der Waals surface area (Å²) < 4.78 is 0. The largest absolute Gasteiger partial charge is 0.506 e. The Kier molecular flexibility index (Phi) is 1.63. The lowest BCUT2D eigenvalue weighted by Crippen LogP contribution is -1.70. The predicted molar refractivity (Wildman–Crippen MR) is 37.6 cm³/mol. The molecule has 1 N–H and O–H groups in total. The molecule has 0 amide bonds. The fourth-order valence-corrected chi connectivity index (χ4v) is 0.676. The van der Waals surface area contributed by atoms with E-state index in [2.05, 4.69) is 6.92 Å². The first-order valence-electron chi connectivity index (χ1n) is 2.50. The molecule has 0 spiro atoms. The predicted octanol–water partition coefficient (Wildman–Crippen LogP) is 2.23. The smallest absolute Gasteiger partial charge is 0.134 e. The van der Waals surface area contributed by atoms with Crippen molar-refractivity contribution in [3.8, 4) is 5.75 Å². The summed E-state index contributed by atoms with van der Waals surface area (Å²) >= 11 is 5.50. The Hall–Kier alpha value is -0.690. The van der Waals surface area contributed by atoms with Gasteiger partial charge in [0, 0.05) is 0 Å². The number of phenols is 1.